The lowest BCUT2D eigenvalue weighted by molar-refractivity contribution is -0.115. The van der Waals surface area contributed by atoms with E-state index in [1.54, 1.807) is 0 Å². The van der Waals surface area contributed by atoms with Crippen LogP contribution in [0.1, 0.15) is 21.8 Å². The standard InChI is InChI=1S/C20H19IN2O2S/c1-13-3-6-17(7-4-13)25-11-20-22-16(12-26-20)10-19(24)23-18-8-5-15(21)9-14(18)2/h3-9,12H,10-11H2,1-2H3,(H,23,24). The first kappa shape index (κ1) is 18.8. The average molecular weight is 478 g/mol. The van der Waals surface area contributed by atoms with Crippen LogP contribution in [0.2, 0.25) is 0 Å². The molecule has 1 N–H and O–H groups in total. The predicted molar refractivity (Wildman–Crippen MR) is 114 cm³/mol. The second kappa shape index (κ2) is 8.64. The number of nitrogens with zero attached hydrogens (tertiary/aromatic N) is 1. The van der Waals surface area contributed by atoms with E-state index >= 15 is 0 Å². The number of rotatable bonds is 6. The Labute approximate surface area is 170 Å². The Morgan fingerprint density at radius 1 is 1.19 bits per heavy atom. The Morgan fingerprint density at radius 3 is 2.69 bits per heavy atom. The molecule has 0 atom stereocenters. The molecule has 0 fully saturated rings. The van der Waals surface area contributed by atoms with Crippen molar-refractivity contribution in [1.82, 2.24) is 4.98 Å². The molecule has 4 nitrogen and oxygen atoms in total. The molecule has 0 spiro atoms. The van der Waals surface area contributed by atoms with E-state index < -0.39 is 0 Å². The summed E-state index contributed by atoms with van der Waals surface area (Å²) in [6.45, 7) is 4.44. The van der Waals surface area contributed by atoms with E-state index in [1.165, 1.54) is 16.9 Å². The van der Waals surface area contributed by atoms with Crippen molar-refractivity contribution in [2.45, 2.75) is 26.9 Å². The molecule has 0 aliphatic rings. The van der Waals surface area contributed by atoms with Crippen LogP contribution in [0.15, 0.2) is 47.8 Å². The fourth-order valence-corrected chi connectivity index (χ4v) is 3.75. The normalized spacial score (nSPS) is 10.6. The van der Waals surface area contributed by atoms with Crippen molar-refractivity contribution >= 4 is 45.5 Å². The summed E-state index contributed by atoms with van der Waals surface area (Å²) in [5, 5.41) is 5.72. The highest BCUT2D eigenvalue weighted by Gasteiger charge is 2.10. The third-order valence-corrected chi connectivity index (χ3v) is 5.33. The average Bonchev–Trinajstić information content (AvgIpc) is 3.04. The minimum atomic E-state index is -0.0642. The lowest BCUT2D eigenvalue weighted by Gasteiger charge is -2.08. The molecule has 0 radical (unpaired) electrons. The molecule has 26 heavy (non-hydrogen) atoms. The van der Waals surface area contributed by atoms with Gasteiger partial charge in [0.15, 0.2) is 0 Å². The van der Waals surface area contributed by atoms with Crippen molar-refractivity contribution in [2.24, 2.45) is 0 Å². The molecule has 0 aliphatic carbocycles. The monoisotopic (exact) mass is 478 g/mol. The minimum Gasteiger partial charge on any atom is -0.486 e. The smallest absolute Gasteiger partial charge is 0.230 e. The molecule has 0 saturated heterocycles. The second-order valence-corrected chi connectivity index (χ2v) is 8.21. The lowest BCUT2D eigenvalue weighted by Crippen LogP contribution is -2.15. The van der Waals surface area contributed by atoms with Gasteiger partial charge in [-0.15, -0.1) is 11.3 Å². The predicted octanol–water partition coefficient (Wildman–Crippen LogP) is 5.12. The molecule has 0 saturated carbocycles. The molecular weight excluding hydrogens is 459 g/mol. The summed E-state index contributed by atoms with van der Waals surface area (Å²) in [4.78, 5) is 16.8. The quantitative estimate of drug-likeness (QED) is 0.501. The molecule has 1 heterocycles. The number of carbonyl (C=O) groups is 1. The van der Waals surface area contributed by atoms with E-state index in [0.717, 1.165) is 31.3 Å². The minimum absolute atomic E-state index is 0.0642. The zero-order chi connectivity index (χ0) is 18.5. The summed E-state index contributed by atoms with van der Waals surface area (Å²) in [5.74, 6) is 0.755. The van der Waals surface area contributed by atoms with Crippen LogP contribution in [0, 0.1) is 17.4 Å². The number of thiazole rings is 1. The molecule has 0 unspecified atom stereocenters. The Bertz CT molecular complexity index is 906. The van der Waals surface area contributed by atoms with Gasteiger partial charge in [0.2, 0.25) is 5.91 Å². The van der Waals surface area contributed by atoms with Gasteiger partial charge in [-0.2, -0.15) is 0 Å². The van der Waals surface area contributed by atoms with Gasteiger partial charge in [-0.3, -0.25) is 4.79 Å². The first-order chi connectivity index (χ1) is 12.5. The van der Waals surface area contributed by atoms with Crippen LogP contribution in [0.25, 0.3) is 0 Å². The number of anilines is 1. The number of carbonyl (C=O) groups excluding carboxylic acids is 1. The molecule has 0 bridgehead atoms. The molecule has 3 rings (SSSR count). The van der Waals surface area contributed by atoms with Crippen LogP contribution in [0.4, 0.5) is 5.69 Å². The van der Waals surface area contributed by atoms with Crippen LogP contribution in [-0.4, -0.2) is 10.9 Å². The maximum absolute atomic E-state index is 12.3. The third-order valence-electron chi connectivity index (χ3n) is 3.79. The number of halogens is 1. The first-order valence-electron chi connectivity index (χ1n) is 8.18. The molecule has 3 aromatic rings. The highest BCUT2D eigenvalue weighted by Crippen LogP contribution is 2.19. The fourth-order valence-electron chi connectivity index (χ4n) is 2.40. The van der Waals surface area contributed by atoms with E-state index in [-0.39, 0.29) is 12.3 Å². The number of aromatic nitrogens is 1. The number of aryl methyl sites for hydroxylation is 2. The van der Waals surface area contributed by atoms with Gasteiger partial charge in [-0.1, -0.05) is 17.7 Å². The Morgan fingerprint density at radius 2 is 1.96 bits per heavy atom. The van der Waals surface area contributed by atoms with Crippen molar-refractivity contribution in [3.63, 3.8) is 0 Å². The van der Waals surface area contributed by atoms with Gasteiger partial charge in [0, 0.05) is 14.6 Å². The van der Waals surface area contributed by atoms with Crippen molar-refractivity contribution in [2.75, 3.05) is 5.32 Å². The van der Waals surface area contributed by atoms with Crippen LogP contribution < -0.4 is 10.1 Å². The molecule has 2 aromatic carbocycles. The topological polar surface area (TPSA) is 51.2 Å². The van der Waals surface area contributed by atoms with Crippen LogP contribution in [0.3, 0.4) is 0 Å². The SMILES string of the molecule is Cc1ccc(OCc2nc(CC(=O)Nc3ccc(I)cc3C)cs2)cc1. The maximum atomic E-state index is 12.3. The van der Waals surface area contributed by atoms with Gasteiger partial charge in [0.05, 0.1) is 12.1 Å². The summed E-state index contributed by atoms with van der Waals surface area (Å²) >= 11 is 3.77. The van der Waals surface area contributed by atoms with Gasteiger partial charge in [0.1, 0.15) is 17.4 Å². The van der Waals surface area contributed by atoms with E-state index in [2.05, 4.69) is 32.9 Å². The van der Waals surface area contributed by atoms with Crippen LogP contribution in [0.5, 0.6) is 5.75 Å². The van der Waals surface area contributed by atoms with Gasteiger partial charge >= 0.3 is 0 Å². The summed E-state index contributed by atoms with van der Waals surface area (Å²) in [6.07, 6.45) is 0.256. The van der Waals surface area contributed by atoms with E-state index in [9.17, 15) is 4.79 Å². The highest BCUT2D eigenvalue weighted by atomic mass is 127. The van der Waals surface area contributed by atoms with Crippen molar-refractivity contribution in [3.05, 3.63) is 73.2 Å². The van der Waals surface area contributed by atoms with Gasteiger partial charge in [-0.05, 0) is 72.3 Å². The number of amides is 1. The number of hydrogen-bond donors (Lipinski definition) is 1. The molecule has 0 aliphatic heterocycles. The summed E-state index contributed by atoms with van der Waals surface area (Å²) in [5.41, 5.74) is 3.85. The van der Waals surface area contributed by atoms with E-state index in [1.807, 2.05) is 61.7 Å². The fraction of sp³-hybridized carbons (Fsp3) is 0.200. The van der Waals surface area contributed by atoms with Gasteiger partial charge < -0.3 is 10.1 Å². The van der Waals surface area contributed by atoms with Crippen molar-refractivity contribution in [3.8, 4) is 5.75 Å². The summed E-state index contributed by atoms with van der Waals surface area (Å²) in [6, 6.07) is 13.9. The number of nitrogens with one attached hydrogen (secondary N) is 1. The lowest BCUT2D eigenvalue weighted by atomic mass is 10.2. The highest BCUT2D eigenvalue weighted by molar-refractivity contribution is 14.1. The van der Waals surface area contributed by atoms with Crippen LogP contribution >= 0.6 is 33.9 Å². The summed E-state index contributed by atoms with van der Waals surface area (Å²) in [7, 11) is 0. The largest absolute Gasteiger partial charge is 0.486 e. The zero-order valence-corrected chi connectivity index (χ0v) is 17.6. The maximum Gasteiger partial charge on any atom is 0.230 e. The van der Waals surface area contributed by atoms with Crippen LogP contribution in [-0.2, 0) is 17.8 Å². The number of benzene rings is 2. The zero-order valence-electron chi connectivity index (χ0n) is 14.6. The molecular formula is C20H19IN2O2S. The Kier molecular flexibility index (Phi) is 6.26. The van der Waals surface area contributed by atoms with E-state index in [0.29, 0.717) is 6.61 Å². The molecule has 1 aromatic heterocycles. The molecule has 6 heteroatoms. The van der Waals surface area contributed by atoms with Gasteiger partial charge in [0.25, 0.3) is 0 Å². The third kappa shape index (κ3) is 5.28. The van der Waals surface area contributed by atoms with Crippen molar-refractivity contribution < 1.29 is 9.53 Å². The van der Waals surface area contributed by atoms with Crippen molar-refractivity contribution in [1.29, 1.82) is 0 Å². The second-order valence-electron chi connectivity index (χ2n) is 6.02. The number of ether oxygens (including phenoxy) is 1. The molecule has 134 valence electrons. The first-order valence-corrected chi connectivity index (χ1v) is 10.1. The summed E-state index contributed by atoms with van der Waals surface area (Å²) < 4.78 is 6.88. The Hall–Kier alpha value is -1.93. The van der Waals surface area contributed by atoms with E-state index in [4.69, 9.17) is 4.74 Å². The Balaban J connectivity index is 1.54. The molecule has 1 amide bonds. The number of hydrogen-bond acceptors (Lipinski definition) is 4. The van der Waals surface area contributed by atoms with Gasteiger partial charge in [-0.25, -0.2) is 4.98 Å².